The Morgan fingerprint density at radius 2 is 1.91 bits per heavy atom. The van der Waals surface area contributed by atoms with E-state index in [4.69, 9.17) is 0 Å². The van der Waals surface area contributed by atoms with Crippen molar-refractivity contribution in [3.8, 4) is 0 Å². The zero-order valence-electron chi connectivity index (χ0n) is 13.5. The number of piperidine rings is 1. The first kappa shape index (κ1) is 16.7. The molecule has 2 aliphatic heterocycles. The van der Waals surface area contributed by atoms with Gasteiger partial charge in [0.25, 0.3) is 5.91 Å². The molecule has 2 saturated heterocycles. The molecule has 1 aromatic rings. The van der Waals surface area contributed by atoms with Gasteiger partial charge in [0, 0.05) is 12.6 Å². The lowest BCUT2D eigenvalue weighted by molar-refractivity contribution is 0.0620. The van der Waals surface area contributed by atoms with Gasteiger partial charge in [-0.3, -0.25) is 4.79 Å². The van der Waals surface area contributed by atoms with Crippen molar-refractivity contribution in [3.05, 3.63) is 11.9 Å². The minimum atomic E-state index is 0. The number of rotatable bonds is 3. The molecule has 1 aliphatic carbocycles. The summed E-state index contributed by atoms with van der Waals surface area (Å²) in [6.07, 6.45) is 10.2. The van der Waals surface area contributed by atoms with Crippen molar-refractivity contribution in [2.75, 3.05) is 19.6 Å². The maximum atomic E-state index is 12.8. The summed E-state index contributed by atoms with van der Waals surface area (Å²) >= 11 is 0. The topological polar surface area (TPSA) is 63.1 Å². The van der Waals surface area contributed by atoms with Crippen LogP contribution in [-0.4, -0.2) is 51.5 Å². The van der Waals surface area contributed by atoms with E-state index in [0.717, 1.165) is 44.8 Å². The third kappa shape index (κ3) is 3.24. The summed E-state index contributed by atoms with van der Waals surface area (Å²) in [5.41, 5.74) is 0.532. The van der Waals surface area contributed by atoms with Gasteiger partial charge in [-0.05, 0) is 57.5 Å². The second-order valence-electron chi connectivity index (χ2n) is 6.96. The Hall–Kier alpha value is -1.14. The molecule has 3 fully saturated rings. The molecule has 7 heteroatoms. The summed E-state index contributed by atoms with van der Waals surface area (Å²) in [6.45, 7) is 2.92. The molecule has 128 valence electrons. The summed E-state index contributed by atoms with van der Waals surface area (Å²) in [4.78, 5) is 14.9. The zero-order chi connectivity index (χ0) is 14.9. The number of carbonyl (C=O) groups excluding carboxylic acids is 1. The summed E-state index contributed by atoms with van der Waals surface area (Å²) < 4.78 is 1.91. The number of likely N-dealkylation sites (tertiary alicyclic amines) is 1. The molecular formula is C16H26ClN5O. The number of nitrogens with one attached hydrogen (secondary N) is 1. The minimum absolute atomic E-state index is 0. The Balaban J connectivity index is 0.00000156. The Kier molecular flexibility index (Phi) is 5.21. The van der Waals surface area contributed by atoms with Crippen LogP contribution in [0.15, 0.2) is 6.20 Å². The molecule has 0 bridgehead atoms. The third-order valence-corrected chi connectivity index (χ3v) is 5.67. The molecule has 1 atom stereocenters. The molecule has 1 aromatic heterocycles. The average Bonchev–Trinajstić information content (AvgIpc) is 3.15. The van der Waals surface area contributed by atoms with E-state index in [0.29, 0.717) is 17.8 Å². The molecule has 1 amide bonds. The highest BCUT2D eigenvalue weighted by atomic mass is 35.5. The summed E-state index contributed by atoms with van der Waals surface area (Å²) in [7, 11) is 0. The lowest BCUT2D eigenvalue weighted by Crippen LogP contribution is -2.42. The fourth-order valence-corrected chi connectivity index (χ4v) is 4.13. The number of carbonyl (C=O) groups is 1. The van der Waals surface area contributed by atoms with E-state index in [-0.39, 0.29) is 18.3 Å². The van der Waals surface area contributed by atoms with Gasteiger partial charge in [0.15, 0.2) is 5.69 Å². The lowest BCUT2D eigenvalue weighted by atomic mass is 9.79. The van der Waals surface area contributed by atoms with Crippen LogP contribution in [0.4, 0.5) is 0 Å². The number of hydrogen-bond acceptors (Lipinski definition) is 4. The highest BCUT2D eigenvalue weighted by molar-refractivity contribution is 5.92. The largest absolute Gasteiger partial charge is 0.334 e. The zero-order valence-corrected chi connectivity index (χ0v) is 14.3. The summed E-state index contributed by atoms with van der Waals surface area (Å²) in [5, 5.41) is 11.8. The molecule has 3 heterocycles. The van der Waals surface area contributed by atoms with E-state index in [1.807, 2.05) is 10.9 Å². The van der Waals surface area contributed by atoms with E-state index >= 15 is 0 Å². The standard InChI is InChI=1S/C16H25N5O.ClH/c22-16(20-10-2-5-15(20)12-3-1-4-12)14-11-21(19-18-14)13-6-8-17-9-7-13;/h11-13,15,17H,1-10H2;1H. The molecule has 0 radical (unpaired) electrons. The van der Waals surface area contributed by atoms with Crippen LogP contribution in [0, 0.1) is 5.92 Å². The number of halogens is 1. The van der Waals surface area contributed by atoms with Crippen molar-refractivity contribution in [1.82, 2.24) is 25.2 Å². The summed E-state index contributed by atoms with van der Waals surface area (Å²) in [6, 6.07) is 0.835. The molecule has 4 rings (SSSR count). The van der Waals surface area contributed by atoms with Gasteiger partial charge in [-0.1, -0.05) is 11.6 Å². The van der Waals surface area contributed by atoms with Crippen LogP contribution in [-0.2, 0) is 0 Å². The molecule has 0 spiro atoms. The fraction of sp³-hybridized carbons (Fsp3) is 0.812. The van der Waals surface area contributed by atoms with Crippen molar-refractivity contribution < 1.29 is 4.79 Å². The van der Waals surface area contributed by atoms with Crippen LogP contribution in [0.2, 0.25) is 0 Å². The monoisotopic (exact) mass is 339 g/mol. The van der Waals surface area contributed by atoms with E-state index in [1.165, 1.54) is 25.7 Å². The number of nitrogens with zero attached hydrogens (tertiary/aromatic N) is 4. The fourth-order valence-electron chi connectivity index (χ4n) is 4.13. The second-order valence-corrected chi connectivity index (χ2v) is 6.96. The molecule has 0 aromatic carbocycles. The molecule has 23 heavy (non-hydrogen) atoms. The van der Waals surface area contributed by atoms with Crippen molar-refractivity contribution in [2.45, 2.75) is 57.0 Å². The van der Waals surface area contributed by atoms with Crippen LogP contribution >= 0.6 is 12.4 Å². The number of aromatic nitrogens is 3. The van der Waals surface area contributed by atoms with Crippen LogP contribution < -0.4 is 5.32 Å². The van der Waals surface area contributed by atoms with Crippen molar-refractivity contribution in [3.63, 3.8) is 0 Å². The SMILES string of the molecule is Cl.O=C(c1cn(C2CCNCC2)nn1)N1CCCC1C1CCC1. The van der Waals surface area contributed by atoms with Crippen molar-refractivity contribution >= 4 is 18.3 Å². The van der Waals surface area contributed by atoms with Crippen LogP contribution in [0.5, 0.6) is 0 Å². The van der Waals surface area contributed by atoms with E-state index in [2.05, 4.69) is 20.5 Å². The first-order chi connectivity index (χ1) is 10.8. The van der Waals surface area contributed by atoms with Gasteiger partial charge >= 0.3 is 0 Å². The molecule has 3 aliphatic rings. The Morgan fingerprint density at radius 1 is 1.13 bits per heavy atom. The highest BCUT2D eigenvalue weighted by Gasteiger charge is 2.38. The van der Waals surface area contributed by atoms with Gasteiger partial charge in [-0.25, -0.2) is 4.68 Å². The first-order valence-electron chi connectivity index (χ1n) is 8.76. The minimum Gasteiger partial charge on any atom is -0.334 e. The van der Waals surface area contributed by atoms with Gasteiger partial charge in [0.2, 0.25) is 0 Å². The van der Waals surface area contributed by atoms with Crippen LogP contribution in [0.3, 0.4) is 0 Å². The quantitative estimate of drug-likeness (QED) is 0.915. The average molecular weight is 340 g/mol. The number of amides is 1. The van der Waals surface area contributed by atoms with Gasteiger partial charge < -0.3 is 10.2 Å². The Bertz CT molecular complexity index is 538. The maximum absolute atomic E-state index is 12.8. The predicted octanol–water partition coefficient (Wildman–Crippen LogP) is 2.03. The van der Waals surface area contributed by atoms with Gasteiger partial charge in [0.05, 0.1) is 12.2 Å². The third-order valence-electron chi connectivity index (χ3n) is 5.67. The maximum Gasteiger partial charge on any atom is 0.276 e. The van der Waals surface area contributed by atoms with Gasteiger partial charge in [0.1, 0.15) is 0 Å². The Morgan fingerprint density at radius 3 is 2.61 bits per heavy atom. The van der Waals surface area contributed by atoms with E-state index < -0.39 is 0 Å². The summed E-state index contributed by atoms with van der Waals surface area (Å²) in [5.74, 6) is 0.820. The van der Waals surface area contributed by atoms with Crippen LogP contribution in [0.25, 0.3) is 0 Å². The molecular weight excluding hydrogens is 314 g/mol. The van der Waals surface area contributed by atoms with Crippen molar-refractivity contribution in [1.29, 1.82) is 0 Å². The van der Waals surface area contributed by atoms with Crippen molar-refractivity contribution in [2.24, 2.45) is 5.92 Å². The van der Waals surface area contributed by atoms with E-state index in [1.54, 1.807) is 0 Å². The predicted molar refractivity (Wildman–Crippen MR) is 89.8 cm³/mol. The van der Waals surface area contributed by atoms with Gasteiger partial charge in [-0.15, -0.1) is 17.5 Å². The molecule has 6 nitrogen and oxygen atoms in total. The highest BCUT2D eigenvalue weighted by Crippen LogP contribution is 2.37. The van der Waals surface area contributed by atoms with E-state index in [9.17, 15) is 4.79 Å². The number of hydrogen-bond donors (Lipinski definition) is 1. The molecule has 1 saturated carbocycles. The van der Waals surface area contributed by atoms with Gasteiger partial charge in [-0.2, -0.15) is 0 Å². The smallest absolute Gasteiger partial charge is 0.276 e. The Labute approximate surface area is 143 Å². The normalized spacial score (nSPS) is 25.9. The molecule has 1 N–H and O–H groups in total. The first-order valence-corrected chi connectivity index (χ1v) is 8.76. The molecule has 1 unspecified atom stereocenters. The second kappa shape index (κ2) is 7.18. The van der Waals surface area contributed by atoms with Crippen LogP contribution in [0.1, 0.15) is 61.5 Å². The lowest BCUT2D eigenvalue weighted by Gasteiger charge is -2.36.